The molecule has 0 fully saturated rings. The lowest BCUT2D eigenvalue weighted by atomic mass is 9.98. The second-order valence-corrected chi connectivity index (χ2v) is 4.47. The molecule has 0 aliphatic carbocycles. The van der Waals surface area contributed by atoms with E-state index in [-0.39, 0.29) is 11.8 Å². The molecule has 0 unspecified atom stereocenters. The average Bonchev–Trinajstić information content (AvgIpc) is 2.40. The molecule has 0 aliphatic heterocycles. The van der Waals surface area contributed by atoms with E-state index < -0.39 is 0 Å². The Bertz CT molecular complexity index is 359. The Labute approximate surface area is 110 Å². The zero-order valence-corrected chi connectivity index (χ0v) is 11.5. The Morgan fingerprint density at radius 1 is 1.28 bits per heavy atom. The molecule has 1 aromatic rings. The van der Waals surface area contributed by atoms with Gasteiger partial charge >= 0.3 is 0 Å². The average molecular weight is 249 g/mol. The van der Waals surface area contributed by atoms with Crippen LogP contribution in [-0.2, 0) is 4.79 Å². The van der Waals surface area contributed by atoms with Gasteiger partial charge < -0.3 is 10.1 Å². The highest BCUT2D eigenvalue weighted by molar-refractivity contribution is 5.92. The van der Waals surface area contributed by atoms with Crippen molar-refractivity contribution in [2.45, 2.75) is 39.5 Å². The SMILES string of the molecule is CCCC[C@H](CC)C(=O)Nc1ccc(OC)cc1. The minimum Gasteiger partial charge on any atom is -0.497 e. The minimum atomic E-state index is 0.118. The van der Waals surface area contributed by atoms with E-state index in [1.807, 2.05) is 24.3 Å². The Balaban J connectivity index is 2.55. The molecular weight excluding hydrogens is 226 g/mol. The fourth-order valence-electron chi connectivity index (χ4n) is 1.89. The molecule has 1 N–H and O–H groups in total. The van der Waals surface area contributed by atoms with Crippen molar-refractivity contribution in [2.75, 3.05) is 12.4 Å². The molecule has 18 heavy (non-hydrogen) atoms. The predicted octanol–water partition coefficient (Wildman–Crippen LogP) is 3.85. The summed E-state index contributed by atoms with van der Waals surface area (Å²) >= 11 is 0. The molecule has 0 saturated heterocycles. The van der Waals surface area contributed by atoms with Gasteiger partial charge in [-0.3, -0.25) is 4.79 Å². The molecule has 1 rings (SSSR count). The summed E-state index contributed by atoms with van der Waals surface area (Å²) in [6.07, 6.45) is 4.10. The van der Waals surface area contributed by atoms with Crippen LogP contribution in [0.5, 0.6) is 5.75 Å². The van der Waals surface area contributed by atoms with Crippen LogP contribution in [0.3, 0.4) is 0 Å². The number of benzene rings is 1. The third kappa shape index (κ3) is 4.40. The van der Waals surface area contributed by atoms with Crippen molar-refractivity contribution in [1.82, 2.24) is 0 Å². The first-order valence-electron chi connectivity index (χ1n) is 6.66. The van der Waals surface area contributed by atoms with E-state index in [1.165, 1.54) is 0 Å². The second-order valence-electron chi connectivity index (χ2n) is 4.47. The van der Waals surface area contributed by atoms with Gasteiger partial charge in [0.2, 0.25) is 5.91 Å². The molecule has 0 saturated carbocycles. The lowest BCUT2D eigenvalue weighted by molar-refractivity contribution is -0.120. The summed E-state index contributed by atoms with van der Waals surface area (Å²) in [7, 11) is 1.63. The van der Waals surface area contributed by atoms with E-state index in [0.717, 1.165) is 37.1 Å². The summed E-state index contributed by atoms with van der Waals surface area (Å²) in [6.45, 7) is 4.21. The van der Waals surface area contributed by atoms with Crippen LogP contribution in [0.4, 0.5) is 5.69 Å². The van der Waals surface area contributed by atoms with E-state index >= 15 is 0 Å². The van der Waals surface area contributed by atoms with Gasteiger partial charge in [0.15, 0.2) is 0 Å². The van der Waals surface area contributed by atoms with Gasteiger partial charge in [-0.15, -0.1) is 0 Å². The van der Waals surface area contributed by atoms with E-state index in [1.54, 1.807) is 7.11 Å². The Hall–Kier alpha value is -1.51. The van der Waals surface area contributed by atoms with Gasteiger partial charge in [0.25, 0.3) is 0 Å². The number of amides is 1. The number of rotatable bonds is 7. The van der Waals surface area contributed by atoms with Crippen molar-refractivity contribution in [2.24, 2.45) is 5.92 Å². The van der Waals surface area contributed by atoms with E-state index in [4.69, 9.17) is 4.74 Å². The minimum absolute atomic E-state index is 0.118. The predicted molar refractivity (Wildman–Crippen MR) is 74.9 cm³/mol. The topological polar surface area (TPSA) is 38.3 Å². The smallest absolute Gasteiger partial charge is 0.227 e. The molecule has 0 bridgehead atoms. The number of carbonyl (C=O) groups excluding carboxylic acids is 1. The molecule has 0 heterocycles. The van der Waals surface area contributed by atoms with Crippen molar-refractivity contribution in [3.8, 4) is 5.75 Å². The quantitative estimate of drug-likeness (QED) is 0.797. The van der Waals surface area contributed by atoms with E-state index in [9.17, 15) is 4.79 Å². The maximum atomic E-state index is 12.1. The van der Waals surface area contributed by atoms with Gasteiger partial charge in [-0.25, -0.2) is 0 Å². The lowest BCUT2D eigenvalue weighted by Crippen LogP contribution is -2.22. The van der Waals surface area contributed by atoms with Crippen molar-refractivity contribution in [3.63, 3.8) is 0 Å². The molecule has 0 radical (unpaired) electrons. The maximum Gasteiger partial charge on any atom is 0.227 e. The van der Waals surface area contributed by atoms with Gasteiger partial charge in [-0.05, 0) is 37.1 Å². The summed E-state index contributed by atoms with van der Waals surface area (Å²) < 4.78 is 5.08. The van der Waals surface area contributed by atoms with Crippen LogP contribution in [0.15, 0.2) is 24.3 Å². The number of unbranched alkanes of at least 4 members (excludes halogenated alkanes) is 1. The standard InChI is InChI=1S/C15H23NO2/c1-4-6-7-12(5-2)15(17)16-13-8-10-14(18-3)11-9-13/h8-12H,4-7H2,1-3H3,(H,16,17)/t12-/m0/s1. The Kier molecular flexibility index (Phi) is 6.26. The molecule has 0 aromatic heterocycles. The van der Waals surface area contributed by atoms with Crippen LogP contribution < -0.4 is 10.1 Å². The first-order valence-corrected chi connectivity index (χ1v) is 6.66. The monoisotopic (exact) mass is 249 g/mol. The van der Waals surface area contributed by atoms with Crippen LogP contribution in [0.2, 0.25) is 0 Å². The zero-order valence-electron chi connectivity index (χ0n) is 11.5. The number of ether oxygens (including phenoxy) is 1. The lowest BCUT2D eigenvalue weighted by Gasteiger charge is -2.14. The summed E-state index contributed by atoms with van der Waals surface area (Å²) in [5.74, 6) is 1.04. The Morgan fingerprint density at radius 2 is 1.94 bits per heavy atom. The largest absolute Gasteiger partial charge is 0.497 e. The normalized spacial score (nSPS) is 11.9. The first kappa shape index (κ1) is 14.6. The van der Waals surface area contributed by atoms with Gasteiger partial charge in [-0.1, -0.05) is 26.7 Å². The summed E-state index contributed by atoms with van der Waals surface area (Å²) in [5.41, 5.74) is 0.829. The molecular formula is C15H23NO2. The molecule has 0 spiro atoms. The van der Waals surface area contributed by atoms with Crippen LogP contribution in [0.1, 0.15) is 39.5 Å². The highest BCUT2D eigenvalue weighted by Crippen LogP contribution is 2.18. The number of nitrogens with one attached hydrogen (secondary N) is 1. The summed E-state index contributed by atoms with van der Waals surface area (Å²) in [6, 6.07) is 7.43. The zero-order chi connectivity index (χ0) is 13.4. The van der Waals surface area contributed by atoms with Crippen molar-refractivity contribution < 1.29 is 9.53 Å². The highest BCUT2D eigenvalue weighted by Gasteiger charge is 2.15. The van der Waals surface area contributed by atoms with Crippen molar-refractivity contribution >= 4 is 11.6 Å². The van der Waals surface area contributed by atoms with Crippen LogP contribution in [-0.4, -0.2) is 13.0 Å². The molecule has 3 heteroatoms. The van der Waals surface area contributed by atoms with Gasteiger partial charge in [0.1, 0.15) is 5.75 Å². The molecule has 100 valence electrons. The van der Waals surface area contributed by atoms with Crippen LogP contribution in [0.25, 0.3) is 0 Å². The highest BCUT2D eigenvalue weighted by atomic mass is 16.5. The van der Waals surface area contributed by atoms with Crippen molar-refractivity contribution in [3.05, 3.63) is 24.3 Å². The molecule has 1 aromatic carbocycles. The summed E-state index contributed by atoms with van der Waals surface area (Å²) in [5, 5.41) is 2.96. The fraction of sp³-hybridized carbons (Fsp3) is 0.533. The molecule has 1 atom stereocenters. The van der Waals surface area contributed by atoms with Crippen LogP contribution in [0, 0.1) is 5.92 Å². The number of methoxy groups -OCH3 is 1. The Morgan fingerprint density at radius 3 is 2.44 bits per heavy atom. The number of hydrogen-bond acceptors (Lipinski definition) is 2. The van der Waals surface area contributed by atoms with Gasteiger partial charge in [0, 0.05) is 11.6 Å². The first-order chi connectivity index (χ1) is 8.71. The second kappa shape index (κ2) is 7.75. The third-order valence-corrected chi connectivity index (χ3v) is 3.13. The summed E-state index contributed by atoms with van der Waals surface area (Å²) in [4.78, 5) is 12.1. The molecule has 1 amide bonds. The maximum absolute atomic E-state index is 12.1. The van der Waals surface area contributed by atoms with Crippen molar-refractivity contribution in [1.29, 1.82) is 0 Å². The van der Waals surface area contributed by atoms with E-state index in [0.29, 0.717) is 0 Å². The van der Waals surface area contributed by atoms with Crippen LogP contribution >= 0.6 is 0 Å². The number of hydrogen-bond donors (Lipinski definition) is 1. The fourth-order valence-corrected chi connectivity index (χ4v) is 1.89. The number of anilines is 1. The molecule has 0 aliphatic rings. The number of carbonyl (C=O) groups is 1. The third-order valence-electron chi connectivity index (χ3n) is 3.13. The molecule has 3 nitrogen and oxygen atoms in total. The van der Waals surface area contributed by atoms with E-state index in [2.05, 4.69) is 19.2 Å². The van der Waals surface area contributed by atoms with Gasteiger partial charge in [0.05, 0.1) is 7.11 Å². The van der Waals surface area contributed by atoms with Gasteiger partial charge in [-0.2, -0.15) is 0 Å².